The molecule has 0 bridgehead atoms. The van der Waals surface area contributed by atoms with Crippen LogP contribution in [0.1, 0.15) is 171 Å². The fraction of sp³-hybridized carbons (Fsp3) is 0.607. The molecule has 37 heteroatoms. The van der Waals surface area contributed by atoms with Crippen LogP contribution < -0.4 is 21.5 Å². The lowest BCUT2D eigenvalue weighted by molar-refractivity contribution is -0.156. The number of benzene rings is 4. The zero-order valence-electron chi connectivity index (χ0n) is 91.1. The molecule has 0 spiro atoms. The van der Waals surface area contributed by atoms with E-state index in [0.717, 1.165) is 51.2 Å². The maximum Gasteiger partial charge on any atom is 0.407 e. The van der Waals surface area contributed by atoms with Crippen LogP contribution in [0, 0.1) is 45.3 Å². The highest BCUT2D eigenvalue weighted by atomic mass is 35.5. The number of aliphatic hydroxyl groups is 1. The van der Waals surface area contributed by atoms with Gasteiger partial charge in [-0.25, -0.2) is 19.6 Å². The van der Waals surface area contributed by atoms with Crippen LogP contribution in [0.25, 0.3) is 22.5 Å². The first-order valence-electron chi connectivity index (χ1n) is 51.3. The van der Waals surface area contributed by atoms with Crippen LogP contribution in [0.5, 0.6) is 0 Å². The Kier molecular flexibility index (Phi) is 66.4. The Morgan fingerprint density at radius 3 is 0.966 bits per heavy atom. The van der Waals surface area contributed by atoms with Crippen LogP contribution in [0.3, 0.4) is 0 Å². The van der Waals surface area contributed by atoms with E-state index in [9.17, 15) is 53.1 Å². The highest BCUT2D eigenvalue weighted by Crippen LogP contribution is 2.34. The number of nitrogens with zero attached hydrogens (tertiary/aromatic N) is 4. The Labute approximate surface area is 887 Å². The average Bonchev–Trinajstić information content (AvgIpc) is 0.824. The normalized spacial score (nSPS) is 13.3. The molecule has 0 aliphatic heterocycles. The number of halogens is 1. The summed E-state index contributed by atoms with van der Waals surface area (Å²) >= 11 is 4.94. The Hall–Kier alpha value is -10.2. The maximum absolute atomic E-state index is 14.7. The molecule has 149 heavy (non-hydrogen) atoms. The second-order valence-electron chi connectivity index (χ2n) is 39.9. The number of hydrogen-bond acceptors (Lipinski definition) is 32. The summed E-state index contributed by atoms with van der Waals surface area (Å²) in [6, 6.07) is 44.0. The van der Waals surface area contributed by atoms with Crippen molar-refractivity contribution in [3.8, 4) is 22.5 Å². The summed E-state index contributed by atoms with van der Waals surface area (Å²) in [7, 11) is 5.82. The van der Waals surface area contributed by atoms with Gasteiger partial charge in [-0.05, 0) is 111 Å². The number of methoxy groups -OCH3 is 4. The van der Waals surface area contributed by atoms with Crippen LogP contribution in [0.4, 0.5) is 9.59 Å². The molecule has 2 aromatic heterocycles. The number of carbonyl (C=O) groups is 10. The molecule has 0 radical (unpaired) electrons. The first-order valence-corrected chi connectivity index (χ1v) is 51.7. The van der Waals surface area contributed by atoms with E-state index in [-0.39, 0.29) is 115 Å². The molecule has 2 heterocycles. The smallest absolute Gasteiger partial charge is 0.407 e. The van der Waals surface area contributed by atoms with E-state index in [2.05, 4.69) is 31.5 Å². The predicted octanol–water partition coefficient (Wildman–Crippen LogP) is 14.6. The number of alkyl carbamates (subject to hydrolysis) is 2. The van der Waals surface area contributed by atoms with Crippen molar-refractivity contribution in [3.63, 3.8) is 0 Å². The molecule has 0 unspecified atom stereocenters. The number of pyridine rings is 2. The van der Waals surface area contributed by atoms with Crippen LogP contribution in [-0.4, -0.2) is 308 Å². The van der Waals surface area contributed by atoms with Gasteiger partial charge in [0.25, 0.3) is 0 Å². The Morgan fingerprint density at radius 2 is 0.671 bits per heavy atom. The first-order chi connectivity index (χ1) is 71.2. The van der Waals surface area contributed by atoms with Gasteiger partial charge in [-0.15, -0.1) is 0 Å². The van der Waals surface area contributed by atoms with Gasteiger partial charge < -0.3 is 96.3 Å². The minimum Gasteiger partial charge on any atom is -0.469 e. The lowest BCUT2D eigenvalue weighted by Gasteiger charge is -2.36. The number of ether oxygens (including phenoxy) is 17. The van der Waals surface area contributed by atoms with E-state index >= 15 is 0 Å². The van der Waals surface area contributed by atoms with Crippen molar-refractivity contribution in [1.82, 2.24) is 41.5 Å². The molecule has 0 aliphatic rings. The third-order valence-corrected chi connectivity index (χ3v) is 23.6. The fourth-order valence-electron chi connectivity index (χ4n) is 15.2. The summed E-state index contributed by atoms with van der Waals surface area (Å²) in [6.07, 6.45) is 1.96. The Morgan fingerprint density at radius 1 is 0.356 bits per heavy atom. The van der Waals surface area contributed by atoms with Crippen LogP contribution in [-0.2, 0) is 145 Å². The summed E-state index contributed by atoms with van der Waals surface area (Å²) < 4.78 is 91.7. The van der Waals surface area contributed by atoms with Gasteiger partial charge in [0.2, 0.25) is 17.1 Å². The number of Topliss-reactive ketones (excluding diaryl/α,β-unsaturated/α-hetero) is 2. The first kappa shape index (κ1) is 131. The van der Waals surface area contributed by atoms with E-state index in [4.69, 9.17) is 92.1 Å². The highest BCUT2D eigenvalue weighted by Gasteiger charge is 2.42. The summed E-state index contributed by atoms with van der Waals surface area (Å²) in [5.41, 5.74) is 10.2. The molecular weight excluding hydrogens is 1940 g/mol. The van der Waals surface area contributed by atoms with E-state index in [1.54, 1.807) is 36.6 Å². The molecule has 36 nitrogen and oxygen atoms in total. The lowest BCUT2D eigenvalue weighted by Crippen LogP contribution is -2.53. The average molecular weight is 2110 g/mol. The van der Waals surface area contributed by atoms with Gasteiger partial charge in [0.15, 0.2) is 11.6 Å². The molecular formula is C112H169ClN8O28. The number of carbonyl (C=O) groups excluding carboxylic acids is 10. The number of hydrogen-bond donors (Lipinski definition) is 5. The molecule has 4 amide bonds. The summed E-state index contributed by atoms with van der Waals surface area (Å²) in [6.45, 7) is 35.3. The van der Waals surface area contributed by atoms with Crippen molar-refractivity contribution < 1.29 is 134 Å². The highest BCUT2D eigenvalue weighted by molar-refractivity contribution is 6.63. The molecule has 6 rings (SSSR count). The molecule has 8 atom stereocenters. The minimum atomic E-state index is -1.14. The molecule has 0 saturated heterocycles. The zero-order valence-corrected chi connectivity index (χ0v) is 91.9. The lowest BCUT2D eigenvalue weighted by atomic mass is 9.78. The topological polar surface area (TPSA) is 428 Å². The largest absolute Gasteiger partial charge is 0.469 e. The number of ketones is 2. The van der Waals surface area contributed by atoms with E-state index in [1.807, 2.05) is 243 Å². The number of aromatic nitrogens is 2. The minimum absolute atomic E-state index is 0.0277. The standard InChI is InChI=1S/C56H84N4O14.C52H78N4O13.C4H7ClO/c1-10-16-50(62)74-49(41-60(59-53(64)46(55(2,3)4)39-51(63)67-9)40-43-20-22-44(23-21-43)47-19-14-15-24-57-47)45(37-42-17-12-11-13-18-42)38-48(61)52(56(5,6)7)58-54(65)73-36-35-72-34-33-71-32-31-70-30-29-69-28-27-68-26-25-66-8;1-51(2,3)43(36-47(59)63-8)49(60)55-56(37-40-17-19-41(20-18-40)44-16-12-13-21-53-44)38-46(58)42(34-39-14-10-9-11-15-39)35-45(57)48(52(4,5)6)54-50(61)69-33-32-68-31-30-67-29-28-66-27-26-65-25-24-64-23-22-62-7;1-2-3-4(5)6/h11-15,17-24,45-46,49,52H,10,16,25-41H2,1-9H3,(H,58,65)(H,59,64);9-21,42-43,46,48,58H,22-38H2,1-8H3,(H,54,61)(H,55,60);2-3H2,1H3/t45-,46-,49+,52-;42-,43-,46+,48-;/m11./s1. The third-order valence-electron chi connectivity index (χ3n) is 23.4. The van der Waals surface area contributed by atoms with Gasteiger partial charge >= 0.3 is 30.1 Å². The predicted molar refractivity (Wildman–Crippen MR) is 566 cm³/mol. The quantitative estimate of drug-likeness (QED) is 0.00778. The van der Waals surface area contributed by atoms with Crippen LogP contribution in [0.2, 0.25) is 0 Å². The van der Waals surface area contributed by atoms with Gasteiger partial charge in [-0.2, -0.15) is 0 Å². The van der Waals surface area contributed by atoms with E-state index < -0.39 is 112 Å². The van der Waals surface area contributed by atoms with Crippen molar-refractivity contribution in [1.29, 1.82) is 0 Å². The Bertz CT molecular complexity index is 4670. The van der Waals surface area contributed by atoms with Crippen molar-refractivity contribution in [3.05, 3.63) is 180 Å². The van der Waals surface area contributed by atoms with Gasteiger partial charge in [-0.1, -0.05) is 218 Å². The van der Waals surface area contributed by atoms with Gasteiger partial charge in [0.1, 0.15) is 19.3 Å². The van der Waals surface area contributed by atoms with E-state index in [0.29, 0.717) is 145 Å². The monoisotopic (exact) mass is 2110 g/mol. The molecule has 6 aromatic rings. The number of hydrazine groups is 2. The molecule has 0 fully saturated rings. The summed E-state index contributed by atoms with van der Waals surface area (Å²) in [4.78, 5) is 141. The van der Waals surface area contributed by atoms with Crippen LogP contribution in [0.15, 0.2) is 158 Å². The zero-order chi connectivity index (χ0) is 110. The number of aliphatic hydroxyl groups excluding tert-OH is 1. The number of nitrogens with one attached hydrogen (secondary N) is 4. The van der Waals surface area contributed by atoms with Crippen molar-refractivity contribution in [2.24, 2.45) is 45.3 Å². The van der Waals surface area contributed by atoms with Crippen molar-refractivity contribution in [2.75, 3.05) is 200 Å². The van der Waals surface area contributed by atoms with Gasteiger partial charge in [-0.3, -0.25) is 59.2 Å². The van der Waals surface area contributed by atoms with Crippen molar-refractivity contribution in [2.45, 2.75) is 199 Å². The molecule has 5 N–H and O–H groups in total. The third kappa shape index (κ3) is 58.8. The van der Waals surface area contributed by atoms with Crippen molar-refractivity contribution >= 4 is 70.3 Å². The Balaban J connectivity index is 0.000000588. The van der Waals surface area contributed by atoms with E-state index in [1.165, 1.54) is 14.2 Å². The molecule has 0 saturated carbocycles. The summed E-state index contributed by atoms with van der Waals surface area (Å²) in [5.74, 6) is -5.75. The fourth-order valence-corrected chi connectivity index (χ4v) is 15.4. The molecule has 4 aromatic carbocycles. The molecule has 0 aliphatic carbocycles. The second-order valence-corrected chi connectivity index (χ2v) is 40.3. The van der Waals surface area contributed by atoms with Gasteiger partial charge in [0.05, 0.1) is 220 Å². The molecule has 832 valence electrons. The van der Waals surface area contributed by atoms with Crippen LogP contribution >= 0.6 is 11.6 Å². The number of esters is 3. The second kappa shape index (κ2) is 75.5. The maximum atomic E-state index is 14.7. The summed E-state index contributed by atoms with van der Waals surface area (Å²) in [5, 5.41) is 20.8. The van der Waals surface area contributed by atoms with Gasteiger partial charge in [0, 0.05) is 89.0 Å². The SMILES string of the molecule is CCCC(=O)Cl.CCCC(=O)O[C@@H](CN(Cc1ccc(-c2ccccn2)cc1)NC(=O)[C@@H](CC(=O)OC)C(C)(C)C)[C@@H](CC(=O)[C@@H](NC(=O)OCCOCCOCCOCCOCCOCCOC)C(C)(C)C)Cc1ccccc1.COCCOCCOCCOCCOCCOCCOC(=O)N[C@H](C(=O)C[C@@H](Cc1ccccc1)[C@@H](O)CN(Cc1ccc(-c2ccccn2)cc1)NC(=O)[C@@H](CC(=O)OC)C(C)(C)C)C(C)(C)C. The number of amides is 4. The number of rotatable bonds is 73.